The van der Waals surface area contributed by atoms with Gasteiger partial charge in [0.1, 0.15) is 0 Å². The highest BCUT2D eigenvalue weighted by atomic mass is 35.5. The average molecular weight is 514 g/mol. The summed E-state index contributed by atoms with van der Waals surface area (Å²) in [5.74, 6) is -0.571. The third kappa shape index (κ3) is 6.41. The van der Waals surface area contributed by atoms with Crippen LogP contribution in [0.15, 0.2) is 72.8 Å². The fraction of sp³-hybridized carbons (Fsp3) is 0.231. The zero-order valence-electron chi connectivity index (χ0n) is 19.9. The van der Waals surface area contributed by atoms with Crippen LogP contribution in [0.2, 0.25) is 5.02 Å². The molecule has 0 radical (unpaired) electrons. The number of nitrogens with one attached hydrogen (secondary N) is 1. The molecule has 0 heterocycles. The van der Waals surface area contributed by atoms with E-state index in [0.717, 1.165) is 6.26 Å². The molecule has 184 valence electrons. The molecule has 1 N–H and O–H groups in total. The first-order valence-corrected chi connectivity index (χ1v) is 13.4. The van der Waals surface area contributed by atoms with Gasteiger partial charge in [0.15, 0.2) is 0 Å². The van der Waals surface area contributed by atoms with Crippen LogP contribution in [0.4, 0.5) is 11.4 Å². The maximum Gasteiger partial charge on any atom is 0.255 e. The molecular weight excluding hydrogens is 486 g/mol. The quantitative estimate of drug-likeness (QED) is 0.434. The predicted octanol–water partition coefficient (Wildman–Crippen LogP) is 5.04. The van der Waals surface area contributed by atoms with Gasteiger partial charge in [-0.3, -0.25) is 13.9 Å². The molecule has 2 amide bonds. The number of anilines is 2. The minimum atomic E-state index is -3.61. The zero-order chi connectivity index (χ0) is 25.6. The molecule has 0 saturated heterocycles. The van der Waals surface area contributed by atoms with Crippen LogP contribution in [0.1, 0.15) is 40.1 Å². The third-order valence-corrected chi connectivity index (χ3v) is 7.06. The lowest BCUT2D eigenvalue weighted by Crippen LogP contribution is -2.31. The average Bonchev–Trinajstić information content (AvgIpc) is 2.84. The van der Waals surface area contributed by atoms with Crippen molar-refractivity contribution in [2.24, 2.45) is 0 Å². The van der Waals surface area contributed by atoms with Crippen molar-refractivity contribution >= 4 is 44.8 Å². The van der Waals surface area contributed by atoms with Crippen LogP contribution in [-0.4, -0.2) is 44.5 Å². The SMILES string of the molecule is CCN(CC)C(=O)c1ccccc1NC(=O)c1ccc(N(Cc2ccccc2Cl)S(C)(=O)=O)cc1. The lowest BCUT2D eigenvalue weighted by atomic mass is 10.1. The number of hydrogen-bond donors (Lipinski definition) is 1. The van der Waals surface area contributed by atoms with Crippen LogP contribution in [0.5, 0.6) is 0 Å². The molecule has 0 aliphatic heterocycles. The van der Waals surface area contributed by atoms with Crippen molar-refractivity contribution in [1.82, 2.24) is 4.90 Å². The van der Waals surface area contributed by atoms with E-state index in [4.69, 9.17) is 11.6 Å². The monoisotopic (exact) mass is 513 g/mol. The summed E-state index contributed by atoms with van der Waals surface area (Å²) in [6.07, 6.45) is 1.12. The molecule has 0 aromatic heterocycles. The van der Waals surface area contributed by atoms with Crippen LogP contribution in [0, 0.1) is 0 Å². The predicted molar refractivity (Wildman–Crippen MR) is 141 cm³/mol. The second-order valence-electron chi connectivity index (χ2n) is 7.89. The molecule has 3 aromatic carbocycles. The summed E-state index contributed by atoms with van der Waals surface area (Å²) >= 11 is 6.22. The van der Waals surface area contributed by atoms with Crippen molar-refractivity contribution in [3.05, 3.63) is 94.5 Å². The fourth-order valence-corrected chi connectivity index (χ4v) is 4.69. The Bertz CT molecular complexity index is 1310. The van der Waals surface area contributed by atoms with E-state index >= 15 is 0 Å². The standard InChI is InChI=1S/C26H28ClN3O4S/c1-4-29(5-2)26(32)22-11-7-9-13-24(22)28-25(31)19-14-16-21(17-15-19)30(35(3,33)34)18-20-10-6-8-12-23(20)27/h6-17H,4-5,18H2,1-3H3,(H,28,31). The maximum atomic E-state index is 12.9. The van der Waals surface area contributed by atoms with Crippen molar-refractivity contribution in [2.75, 3.05) is 29.0 Å². The van der Waals surface area contributed by atoms with Gasteiger partial charge in [0.05, 0.1) is 29.7 Å². The van der Waals surface area contributed by atoms with Gasteiger partial charge < -0.3 is 10.2 Å². The second kappa shape index (κ2) is 11.4. The third-order valence-electron chi connectivity index (χ3n) is 5.55. The van der Waals surface area contributed by atoms with Gasteiger partial charge in [-0.2, -0.15) is 0 Å². The van der Waals surface area contributed by atoms with Gasteiger partial charge in [0, 0.05) is 23.7 Å². The maximum absolute atomic E-state index is 12.9. The summed E-state index contributed by atoms with van der Waals surface area (Å²) in [5, 5.41) is 3.27. The molecule has 0 spiro atoms. The highest BCUT2D eigenvalue weighted by Gasteiger charge is 2.21. The highest BCUT2D eigenvalue weighted by molar-refractivity contribution is 7.92. The Morgan fingerprint density at radius 1 is 0.886 bits per heavy atom. The smallest absolute Gasteiger partial charge is 0.255 e. The Labute approximate surface area is 211 Å². The Morgan fingerprint density at radius 3 is 2.09 bits per heavy atom. The first kappa shape index (κ1) is 26.2. The lowest BCUT2D eigenvalue weighted by Gasteiger charge is -2.23. The van der Waals surface area contributed by atoms with Gasteiger partial charge in [-0.25, -0.2) is 8.42 Å². The molecule has 0 atom stereocenters. The van der Waals surface area contributed by atoms with E-state index in [9.17, 15) is 18.0 Å². The van der Waals surface area contributed by atoms with Gasteiger partial charge >= 0.3 is 0 Å². The van der Waals surface area contributed by atoms with Crippen LogP contribution < -0.4 is 9.62 Å². The van der Waals surface area contributed by atoms with E-state index in [1.165, 1.54) is 4.31 Å². The molecule has 0 unspecified atom stereocenters. The molecule has 35 heavy (non-hydrogen) atoms. The van der Waals surface area contributed by atoms with Crippen LogP contribution in [-0.2, 0) is 16.6 Å². The number of sulfonamides is 1. The summed E-state index contributed by atoms with van der Waals surface area (Å²) in [7, 11) is -3.61. The van der Waals surface area contributed by atoms with E-state index in [1.807, 2.05) is 13.8 Å². The number of carbonyl (C=O) groups is 2. The van der Waals surface area contributed by atoms with E-state index < -0.39 is 15.9 Å². The normalized spacial score (nSPS) is 11.1. The number of para-hydroxylation sites is 1. The molecule has 3 rings (SSSR count). The number of halogens is 1. The van der Waals surface area contributed by atoms with Gasteiger partial charge in [-0.1, -0.05) is 41.9 Å². The Balaban J connectivity index is 1.83. The Morgan fingerprint density at radius 2 is 1.49 bits per heavy atom. The number of nitrogens with zero attached hydrogens (tertiary/aromatic N) is 2. The molecule has 0 aliphatic rings. The number of rotatable bonds is 9. The van der Waals surface area contributed by atoms with Gasteiger partial charge in [-0.05, 0) is 61.9 Å². The van der Waals surface area contributed by atoms with Crippen LogP contribution >= 0.6 is 11.6 Å². The summed E-state index contributed by atoms with van der Waals surface area (Å²) in [4.78, 5) is 27.4. The van der Waals surface area contributed by atoms with Crippen molar-refractivity contribution in [2.45, 2.75) is 20.4 Å². The number of hydrogen-bond acceptors (Lipinski definition) is 4. The first-order chi connectivity index (χ1) is 16.7. The minimum absolute atomic E-state index is 0.0604. The van der Waals surface area contributed by atoms with Crippen LogP contribution in [0.25, 0.3) is 0 Å². The van der Waals surface area contributed by atoms with Gasteiger partial charge in [0.25, 0.3) is 11.8 Å². The van der Waals surface area contributed by atoms with E-state index in [0.29, 0.717) is 46.2 Å². The highest BCUT2D eigenvalue weighted by Crippen LogP contribution is 2.25. The molecule has 0 aliphatic carbocycles. The van der Waals surface area contributed by atoms with E-state index in [-0.39, 0.29) is 12.5 Å². The molecule has 0 fully saturated rings. The van der Waals surface area contributed by atoms with Crippen molar-refractivity contribution in [3.8, 4) is 0 Å². The molecule has 7 nitrogen and oxygen atoms in total. The minimum Gasteiger partial charge on any atom is -0.339 e. The number of benzene rings is 3. The Kier molecular flexibility index (Phi) is 8.53. The number of carbonyl (C=O) groups excluding carboxylic acids is 2. The summed E-state index contributed by atoms with van der Waals surface area (Å²) in [6.45, 7) is 4.98. The Hall–Kier alpha value is -3.36. The molecule has 9 heteroatoms. The van der Waals surface area contributed by atoms with E-state index in [1.54, 1.807) is 77.7 Å². The zero-order valence-corrected chi connectivity index (χ0v) is 21.4. The van der Waals surface area contributed by atoms with Crippen LogP contribution in [0.3, 0.4) is 0 Å². The summed E-state index contributed by atoms with van der Waals surface area (Å²) in [6, 6.07) is 20.1. The first-order valence-electron chi connectivity index (χ1n) is 11.2. The topological polar surface area (TPSA) is 86.8 Å². The lowest BCUT2D eigenvalue weighted by molar-refractivity contribution is 0.0774. The second-order valence-corrected chi connectivity index (χ2v) is 10.2. The van der Waals surface area contributed by atoms with Gasteiger partial charge in [0.2, 0.25) is 10.0 Å². The van der Waals surface area contributed by atoms with Crippen molar-refractivity contribution in [1.29, 1.82) is 0 Å². The molecular formula is C26H28ClN3O4S. The molecule has 0 bridgehead atoms. The molecule has 3 aromatic rings. The van der Waals surface area contributed by atoms with Gasteiger partial charge in [-0.15, -0.1) is 0 Å². The van der Waals surface area contributed by atoms with E-state index in [2.05, 4.69) is 5.32 Å². The fourth-order valence-electron chi connectivity index (χ4n) is 3.61. The molecule has 0 saturated carbocycles. The van der Waals surface area contributed by atoms with Crippen molar-refractivity contribution < 1.29 is 18.0 Å². The summed E-state index contributed by atoms with van der Waals surface area (Å²) in [5.41, 5.74) is 2.21. The number of amides is 2. The summed E-state index contributed by atoms with van der Waals surface area (Å²) < 4.78 is 26.2. The van der Waals surface area contributed by atoms with Crippen molar-refractivity contribution in [3.63, 3.8) is 0 Å². The largest absolute Gasteiger partial charge is 0.339 e.